The summed E-state index contributed by atoms with van der Waals surface area (Å²) in [4.78, 5) is 33.5. The minimum atomic E-state index is -0.733. The largest absolute Gasteiger partial charge is 0.493 e. The zero-order valence-electron chi connectivity index (χ0n) is 21.1. The summed E-state index contributed by atoms with van der Waals surface area (Å²) in [5.41, 5.74) is 4.13. The molecular weight excluding hydrogens is 500 g/mol. The van der Waals surface area contributed by atoms with Gasteiger partial charge in [0.2, 0.25) is 5.76 Å². The van der Waals surface area contributed by atoms with Crippen LogP contribution in [0, 0.1) is 13.8 Å². The van der Waals surface area contributed by atoms with Crippen molar-refractivity contribution in [2.75, 3.05) is 12.0 Å². The number of thiazole rings is 1. The summed E-state index contributed by atoms with van der Waals surface area (Å²) >= 11 is 1.32. The summed E-state index contributed by atoms with van der Waals surface area (Å²) in [5, 5.41) is 2.72. The van der Waals surface area contributed by atoms with Crippen LogP contribution in [0.15, 0.2) is 81.5 Å². The van der Waals surface area contributed by atoms with Crippen LogP contribution in [0.3, 0.4) is 0 Å². The first-order valence-electron chi connectivity index (χ1n) is 12.1. The summed E-state index contributed by atoms with van der Waals surface area (Å²) in [7, 11) is 1.56. The zero-order valence-corrected chi connectivity index (χ0v) is 21.9. The van der Waals surface area contributed by atoms with E-state index in [0.29, 0.717) is 45.3 Å². The lowest BCUT2D eigenvalue weighted by Gasteiger charge is -2.23. The van der Waals surface area contributed by atoms with Crippen molar-refractivity contribution >= 4 is 33.3 Å². The van der Waals surface area contributed by atoms with Gasteiger partial charge in [0, 0.05) is 11.6 Å². The maximum Gasteiger partial charge on any atom is 0.297 e. The molecule has 0 fully saturated rings. The lowest BCUT2D eigenvalue weighted by atomic mass is 9.97. The van der Waals surface area contributed by atoms with Gasteiger partial charge >= 0.3 is 0 Å². The highest BCUT2D eigenvalue weighted by atomic mass is 32.1. The van der Waals surface area contributed by atoms with Gasteiger partial charge in [-0.1, -0.05) is 36.4 Å². The van der Waals surface area contributed by atoms with E-state index in [1.807, 2.05) is 62.4 Å². The maximum absolute atomic E-state index is 13.9. The van der Waals surface area contributed by atoms with Crippen molar-refractivity contribution in [2.45, 2.75) is 26.5 Å². The molecule has 1 aliphatic rings. The number of anilines is 1. The Bertz CT molecular complexity index is 1730. The van der Waals surface area contributed by atoms with E-state index < -0.39 is 11.9 Å². The van der Waals surface area contributed by atoms with Gasteiger partial charge in [0.25, 0.3) is 5.91 Å². The fraction of sp³-hybridized carbons (Fsp3) is 0.167. The molecule has 7 nitrogen and oxygen atoms in total. The number of carbonyl (C=O) groups excluding carboxylic acids is 1. The number of carbonyl (C=O) groups is 1. The fourth-order valence-corrected chi connectivity index (χ4v) is 5.45. The van der Waals surface area contributed by atoms with Crippen molar-refractivity contribution in [3.63, 3.8) is 0 Å². The van der Waals surface area contributed by atoms with Crippen molar-refractivity contribution in [3.8, 4) is 11.5 Å². The Hall–Kier alpha value is -4.43. The second-order valence-electron chi connectivity index (χ2n) is 9.18. The molecule has 38 heavy (non-hydrogen) atoms. The Kier molecular flexibility index (Phi) is 5.96. The predicted molar refractivity (Wildman–Crippen MR) is 146 cm³/mol. The van der Waals surface area contributed by atoms with Crippen LogP contribution >= 0.6 is 11.3 Å². The predicted octanol–water partition coefficient (Wildman–Crippen LogP) is 6.20. The average molecular weight is 525 g/mol. The number of hydrogen-bond acceptors (Lipinski definition) is 7. The van der Waals surface area contributed by atoms with Gasteiger partial charge in [0.1, 0.15) is 12.2 Å². The molecule has 1 unspecified atom stereocenters. The first-order chi connectivity index (χ1) is 18.5. The minimum Gasteiger partial charge on any atom is -0.493 e. The number of benzene rings is 3. The summed E-state index contributed by atoms with van der Waals surface area (Å²) in [5.74, 6) is 0.687. The normalized spacial score (nSPS) is 14.7. The fourth-order valence-electron chi connectivity index (χ4n) is 4.78. The summed E-state index contributed by atoms with van der Waals surface area (Å²) in [6.07, 6.45) is 1.63. The van der Waals surface area contributed by atoms with E-state index in [1.54, 1.807) is 30.8 Å². The molecule has 0 saturated carbocycles. The van der Waals surface area contributed by atoms with Crippen molar-refractivity contribution in [1.29, 1.82) is 0 Å². The molecule has 0 radical (unpaired) electrons. The molecule has 3 aromatic carbocycles. The minimum absolute atomic E-state index is 0.0364. The first kappa shape index (κ1) is 23.9. The monoisotopic (exact) mass is 524 g/mol. The molecule has 5 aromatic rings. The molecule has 3 heterocycles. The first-order valence-corrected chi connectivity index (χ1v) is 13.0. The van der Waals surface area contributed by atoms with Crippen LogP contribution in [0.2, 0.25) is 0 Å². The van der Waals surface area contributed by atoms with Gasteiger partial charge in [-0.05, 0) is 60.4 Å². The molecule has 0 saturated heterocycles. The molecule has 0 bridgehead atoms. The van der Waals surface area contributed by atoms with Gasteiger partial charge in [-0.2, -0.15) is 0 Å². The number of nitrogens with zero attached hydrogens (tertiary/aromatic N) is 2. The lowest BCUT2D eigenvalue weighted by Crippen LogP contribution is -2.29. The number of amides is 1. The Balaban J connectivity index is 1.49. The van der Waals surface area contributed by atoms with Crippen LogP contribution in [0.5, 0.6) is 11.5 Å². The van der Waals surface area contributed by atoms with Crippen LogP contribution in [-0.4, -0.2) is 18.0 Å². The lowest BCUT2D eigenvalue weighted by molar-refractivity contribution is 0.0971. The van der Waals surface area contributed by atoms with E-state index >= 15 is 0 Å². The van der Waals surface area contributed by atoms with Gasteiger partial charge in [0.15, 0.2) is 22.1 Å². The standard InChI is InChI=1S/C30H24N2O5S/c1-17-13-21-23(14-18(17)2)37-28-25(27(21)33)26(32(29(28)34)30-31-11-12-38-30)20-9-10-22(24(15-20)35-3)36-16-19-7-5-4-6-8-19/h4-15,26H,16H2,1-3H3. The van der Waals surface area contributed by atoms with Crippen molar-refractivity contribution < 1.29 is 18.7 Å². The Labute approximate surface area is 222 Å². The molecule has 1 aliphatic heterocycles. The van der Waals surface area contributed by atoms with Gasteiger partial charge < -0.3 is 13.9 Å². The highest BCUT2D eigenvalue weighted by molar-refractivity contribution is 7.13. The molecule has 8 heteroatoms. The third-order valence-corrected chi connectivity index (χ3v) is 7.62. The molecule has 6 rings (SSSR count). The van der Waals surface area contributed by atoms with Crippen LogP contribution in [0.1, 0.15) is 44.4 Å². The van der Waals surface area contributed by atoms with E-state index in [9.17, 15) is 9.59 Å². The Morgan fingerprint density at radius 2 is 1.79 bits per heavy atom. The third kappa shape index (κ3) is 3.94. The van der Waals surface area contributed by atoms with E-state index in [-0.39, 0.29) is 11.2 Å². The van der Waals surface area contributed by atoms with Gasteiger partial charge in [-0.25, -0.2) is 4.98 Å². The summed E-state index contributed by atoms with van der Waals surface area (Å²) < 4.78 is 17.8. The van der Waals surface area contributed by atoms with E-state index in [4.69, 9.17) is 13.9 Å². The Morgan fingerprint density at radius 3 is 2.53 bits per heavy atom. The van der Waals surface area contributed by atoms with E-state index in [0.717, 1.165) is 16.7 Å². The molecule has 1 atom stereocenters. The molecule has 0 aliphatic carbocycles. The Morgan fingerprint density at radius 1 is 1.00 bits per heavy atom. The SMILES string of the molecule is COc1cc(C2c3c(oc4cc(C)c(C)cc4c3=O)C(=O)N2c2nccs2)ccc1OCc1ccccc1. The molecule has 2 aromatic heterocycles. The zero-order chi connectivity index (χ0) is 26.4. The second-order valence-corrected chi connectivity index (χ2v) is 10.1. The van der Waals surface area contributed by atoms with Crippen LogP contribution in [-0.2, 0) is 6.61 Å². The molecule has 0 spiro atoms. The molecule has 0 N–H and O–H groups in total. The number of fused-ring (bicyclic) bond motifs is 2. The maximum atomic E-state index is 13.9. The second kappa shape index (κ2) is 9.46. The summed E-state index contributed by atoms with van der Waals surface area (Å²) in [6.45, 7) is 4.27. The van der Waals surface area contributed by atoms with Gasteiger partial charge in [-0.15, -0.1) is 11.3 Å². The number of ether oxygens (including phenoxy) is 2. The van der Waals surface area contributed by atoms with Crippen molar-refractivity contribution in [1.82, 2.24) is 4.98 Å². The van der Waals surface area contributed by atoms with E-state index in [1.165, 1.54) is 16.2 Å². The molecule has 190 valence electrons. The van der Waals surface area contributed by atoms with E-state index in [2.05, 4.69) is 4.98 Å². The summed E-state index contributed by atoms with van der Waals surface area (Å²) in [6, 6.07) is 18.2. The number of rotatable bonds is 6. The van der Waals surface area contributed by atoms with Crippen molar-refractivity contribution in [2.24, 2.45) is 0 Å². The van der Waals surface area contributed by atoms with Crippen molar-refractivity contribution in [3.05, 3.63) is 116 Å². The third-order valence-electron chi connectivity index (χ3n) is 6.85. The topological polar surface area (TPSA) is 81.9 Å². The quantitative estimate of drug-likeness (QED) is 0.263. The van der Waals surface area contributed by atoms with Crippen LogP contribution in [0.25, 0.3) is 11.0 Å². The average Bonchev–Trinajstić information content (AvgIpc) is 3.56. The molecular formula is C30H24N2O5S. The number of methoxy groups -OCH3 is 1. The van der Waals surface area contributed by atoms with Gasteiger partial charge in [0.05, 0.1) is 24.1 Å². The molecule has 1 amide bonds. The number of hydrogen-bond donors (Lipinski definition) is 0. The number of aromatic nitrogens is 1. The smallest absolute Gasteiger partial charge is 0.297 e. The van der Waals surface area contributed by atoms with Crippen LogP contribution < -0.4 is 19.8 Å². The van der Waals surface area contributed by atoms with Gasteiger partial charge in [-0.3, -0.25) is 14.5 Å². The van der Waals surface area contributed by atoms with Crippen LogP contribution in [0.4, 0.5) is 5.13 Å². The highest BCUT2D eigenvalue weighted by Gasteiger charge is 2.45. The highest BCUT2D eigenvalue weighted by Crippen LogP contribution is 2.44. The number of aryl methyl sites for hydroxylation is 2.